The Bertz CT molecular complexity index is 758. The normalized spacial score (nSPS) is 19.4. The number of rotatable bonds is 5. The monoisotopic (exact) mass is 361 g/mol. The van der Waals surface area contributed by atoms with Crippen LogP contribution >= 0.6 is 11.8 Å². The lowest BCUT2D eigenvalue weighted by atomic mass is 10.2. The van der Waals surface area contributed by atoms with Crippen molar-refractivity contribution >= 4 is 29.8 Å². The first-order valence-corrected chi connectivity index (χ1v) is 8.43. The molecular formula is C17H19N3O4S. The Labute approximate surface area is 150 Å². The summed E-state index contributed by atoms with van der Waals surface area (Å²) in [5.41, 5.74) is 2.13. The molecule has 7 nitrogen and oxygen atoms in total. The van der Waals surface area contributed by atoms with Gasteiger partial charge in [0.1, 0.15) is 17.7 Å². The minimum atomic E-state index is -0.440. The van der Waals surface area contributed by atoms with E-state index in [2.05, 4.69) is 5.10 Å². The molecule has 25 heavy (non-hydrogen) atoms. The fourth-order valence-corrected chi connectivity index (χ4v) is 3.96. The number of esters is 1. The van der Waals surface area contributed by atoms with Gasteiger partial charge in [-0.2, -0.15) is 5.10 Å². The summed E-state index contributed by atoms with van der Waals surface area (Å²) in [5, 5.41) is 6.33. The van der Waals surface area contributed by atoms with Crippen LogP contribution in [0.2, 0.25) is 0 Å². The largest absolute Gasteiger partial charge is 0.503 e. The van der Waals surface area contributed by atoms with Gasteiger partial charge in [-0.15, -0.1) is 0 Å². The third kappa shape index (κ3) is 3.05. The number of allylic oxidation sites excluding steroid dienone is 1. The Morgan fingerprint density at radius 3 is 2.56 bits per heavy atom. The molecular weight excluding hydrogens is 342 g/mol. The summed E-state index contributed by atoms with van der Waals surface area (Å²) >= 11 is 1.52. The highest BCUT2D eigenvalue weighted by atomic mass is 32.2. The van der Waals surface area contributed by atoms with Gasteiger partial charge in [0.15, 0.2) is 5.50 Å². The van der Waals surface area contributed by atoms with E-state index in [-0.39, 0.29) is 5.50 Å². The molecule has 0 aliphatic carbocycles. The second kappa shape index (κ2) is 7.10. The molecule has 8 heteroatoms. The molecule has 0 amide bonds. The van der Waals surface area contributed by atoms with Crippen LogP contribution in [0.25, 0.3) is 0 Å². The van der Waals surface area contributed by atoms with Crippen molar-refractivity contribution in [3.8, 4) is 5.75 Å². The van der Waals surface area contributed by atoms with Crippen LogP contribution in [0.5, 0.6) is 5.75 Å². The van der Waals surface area contributed by atoms with Crippen LogP contribution in [0.4, 0.5) is 5.69 Å². The molecule has 3 rings (SSSR count). The van der Waals surface area contributed by atoms with E-state index in [1.54, 1.807) is 13.4 Å². The zero-order valence-electron chi connectivity index (χ0n) is 14.4. The molecule has 0 bridgehead atoms. The van der Waals surface area contributed by atoms with Gasteiger partial charge in [0.25, 0.3) is 0 Å². The summed E-state index contributed by atoms with van der Waals surface area (Å²) in [6, 6.07) is 7.73. The highest BCUT2D eigenvalue weighted by Crippen LogP contribution is 2.46. The summed E-state index contributed by atoms with van der Waals surface area (Å²) in [7, 11) is 4.49. The topological polar surface area (TPSA) is 63.6 Å². The molecule has 0 spiro atoms. The van der Waals surface area contributed by atoms with Crippen LogP contribution in [-0.2, 0) is 14.3 Å². The van der Waals surface area contributed by atoms with E-state index in [9.17, 15) is 4.79 Å². The average Bonchev–Trinajstić information content (AvgIpc) is 3.19. The van der Waals surface area contributed by atoms with Gasteiger partial charge < -0.3 is 14.2 Å². The highest BCUT2D eigenvalue weighted by Gasteiger charge is 2.40. The summed E-state index contributed by atoms with van der Waals surface area (Å²) < 4.78 is 15.1. The van der Waals surface area contributed by atoms with E-state index in [0.29, 0.717) is 5.57 Å². The quantitative estimate of drug-likeness (QED) is 0.454. The minimum absolute atomic E-state index is 0.103. The predicted octanol–water partition coefficient (Wildman–Crippen LogP) is 2.73. The number of anilines is 1. The maximum atomic E-state index is 12.1. The van der Waals surface area contributed by atoms with E-state index >= 15 is 0 Å². The van der Waals surface area contributed by atoms with Gasteiger partial charge in [-0.1, -0.05) is 11.8 Å². The molecule has 0 fully saturated rings. The fourth-order valence-electron chi connectivity index (χ4n) is 2.63. The number of hydrogen-bond donors (Lipinski definition) is 0. The number of carbonyl (C=O) groups is 1. The van der Waals surface area contributed by atoms with Crippen molar-refractivity contribution in [2.45, 2.75) is 12.4 Å². The zero-order chi connectivity index (χ0) is 18.0. The summed E-state index contributed by atoms with van der Waals surface area (Å²) in [4.78, 5) is 14.9. The van der Waals surface area contributed by atoms with Crippen LogP contribution in [0.15, 0.2) is 51.8 Å². The molecule has 1 atom stereocenters. The fraction of sp³-hybridized carbons (Fsp3) is 0.294. The van der Waals surface area contributed by atoms with Crippen LogP contribution in [0, 0.1) is 0 Å². The van der Waals surface area contributed by atoms with Crippen LogP contribution < -0.4 is 9.64 Å². The molecule has 2 aliphatic heterocycles. The van der Waals surface area contributed by atoms with Crippen molar-refractivity contribution in [2.75, 3.05) is 26.2 Å². The molecule has 1 aromatic rings. The Morgan fingerprint density at radius 1 is 1.24 bits per heavy atom. The molecule has 0 N–H and O–H groups in total. The van der Waals surface area contributed by atoms with E-state index in [1.165, 1.54) is 32.2 Å². The van der Waals surface area contributed by atoms with Gasteiger partial charge in [-0.05, 0) is 31.2 Å². The third-order valence-electron chi connectivity index (χ3n) is 3.90. The molecule has 1 unspecified atom stereocenters. The number of ether oxygens (including phenoxy) is 3. The Kier molecular flexibility index (Phi) is 4.89. The Balaban J connectivity index is 1.87. The van der Waals surface area contributed by atoms with E-state index in [4.69, 9.17) is 14.2 Å². The second-order valence-electron chi connectivity index (χ2n) is 5.30. The maximum Gasteiger partial charge on any atom is 0.342 e. The van der Waals surface area contributed by atoms with Gasteiger partial charge in [0.2, 0.25) is 0 Å². The van der Waals surface area contributed by atoms with Crippen molar-refractivity contribution in [3.05, 3.63) is 46.7 Å². The van der Waals surface area contributed by atoms with Gasteiger partial charge in [0, 0.05) is 10.6 Å². The molecule has 132 valence electrons. The third-order valence-corrected chi connectivity index (χ3v) is 5.29. The number of carbonyl (C=O) groups excluding carboxylic acids is 1. The van der Waals surface area contributed by atoms with Gasteiger partial charge in [-0.25, -0.2) is 9.80 Å². The van der Waals surface area contributed by atoms with Crippen LogP contribution in [-0.4, -0.2) is 44.1 Å². The van der Waals surface area contributed by atoms with Crippen molar-refractivity contribution in [1.82, 2.24) is 5.01 Å². The smallest absolute Gasteiger partial charge is 0.342 e. The van der Waals surface area contributed by atoms with Crippen molar-refractivity contribution < 1.29 is 19.0 Å². The maximum absolute atomic E-state index is 12.1. The van der Waals surface area contributed by atoms with E-state index in [0.717, 1.165) is 22.0 Å². The Hall–Kier alpha value is -2.61. The number of hydrogen-bond acceptors (Lipinski definition) is 8. The first-order chi connectivity index (χ1) is 12.1. The molecule has 2 heterocycles. The van der Waals surface area contributed by atoms with Crippen molar-refractivity contribution in [1.29, 1.82) is 0 Å². The van der Waals surface area contributed by atoms with E-state index < -0.39 is 5.97 Å². The van der Waals surface area contributed by atoms with Gasteiger partial charge in [0.05, 0.1) is 33.3 Å². The predicted molar refractivity (Wildman–Crippen MR) is 97.0 cm³/mol. The average molecular weight is 361 g/mol. The van der Waals surface area contributed by atoms with Crippen molar-refractivity contribution in [2.24, 2.45) is 5.10 Å². The lowest BCUT2D eigenvalue weighted by molar-refractivity contribution is -0.135. The number of methoxy groups -OCH3 is 3. The summed E-state index contributed by atoms with van der Waals surface area (Å²) in [6.45, 7) is 1.92. The molecule has 0 saturated carbocycles. The first kappa shape index (κ1) is 17.2. The second-order valence-corrected chi connectivity index (χ2v) is 6.36. The number of nitrogens with zero attached hydrogens (tertiary/aromatic N) is 3. The number of thioether (sulfide) groups is 1. The summed E-state index contributed by atoms with van der Waals surface area (Å²) in [5.74, 6) is 0.353. The number of benzene rings is 1. The van der Waals surface area contributed by atoms with Crippen molar-refractivity contribution in [3.63, 3.8) is 0 Å². The number of hydrazone groups is 1. The van der Waals surface area contributed by atoms with Crippen LogP contribution in [0.3, 0.4) is 0 Å². The number of fused-ring (bicyclic) bond motifs is 1. The SMILES string of the molecule is COC=C(C(=O)OC)C1=C(C)N2N=CN(c3ccc(OC)cc3)C2S1. The first-order valence-electron chi connectivity index (χ1n) is 7.55. The minimum Gasteiger partial charge on any atom is -0.503 e. The highest BCUT2D eigenvalue weighted by molar-refractivity contribution is 8.04. The Morgan fingerprint density at radius 2 is 1.96 bits per heavy atom. The van der Waals surface area contributed by atoms with Crippen LogP contribution in [0.1, 0.15) is 6.92 Å². The van der Waals surface area contributed by atoms with Gasteiger partial charge >= 0.3 is 5.97 Å². The van der Waals surface area contributed by atoms with E-state index in [1.807, 2.05) is 41.1 Å². The molecule has 2 aliphatic rings. The zero-order valence-corrected chi connectivity index (χ0v) is 15.2. The molecule has 1 aromatic carbocycles. The molecule has 0 saturated heterocycles. The molecule has 0 aromatic heterocycles. The standard InChI is InChI=1S/C17H19N3O4S/c1-11-15(14(9-22-2)16(21)24-4)25-17-19(10-18-20(11)17)12-5-7-13(23-3)8-6-12/h5-10,17H,1-4H3. The lowest BCUT2D eigenvalue weighted by Crippen LogP contribution is -2.33. The summed E-state index contributed by atoms with van der Waals surface area (Å²) in [6.07, 6.45) is 3.18. The lowest BCUT2D eigenvalue weighted by Gasteiger charge is -2.24. The molecule has 0 radical (unpaired) electrons. The van der Waals surface area contributed by atoms with Gasteiger partial charge in [-0.3, -0.25) is 4.90 Å².